The second-order valence-corrected chi connectivity index (χ2v) is 10.4. The summed E-state index contributed by atoms with van der Waals surface area (Å²) < 4.78 is 54.3. The van der Waals surface area contributed by atoms with Gasteiger partial charge in [0.25, 0.3) is 0 Å². The number of benzene rings is 2. The van der Waals surface area contributed by atoms with Crippen molar-refractivity contribution in [1.29, 1.82) is 0 Å². The second kappa shape index (κ2) is 10.9. The lowest BCUT2D eigenvalue weighted by Crippen LogP contribution is -2.52. The molecule has 2 amide bonds. The van der Waals surface area contributed by atoms with Crippen LogP contribution in [0.15, 0.2) is 48.5 Å². The number of nitrogens with zero attached hydrogens (tertiary/aromatic N) is 2. The van der Waals surface area contributed by atoms with Crippen LogP contribution in [0.2, 0.25) is 0 Å². The highest BCUT2D eigenvalue weighted by molar-refractivity contribution is 7.92. The van der Waals surface area contributed by atoms with Crippen molar-refractivity contribution in [1.82, 2.24) is 10.2 Å². The minimum absolute atomic E-state index is 0.00583. The van der Waals surface area contributed by atoms with Crippen molar-refractivity contribution in [2.75, 3.05) is 17.1 Å². The van der Waals surface area contributed by atoms with Crippen LogP contribution in [0.25, 0.3) is 0 Å². The summed E-state index contributed by atoms with van der Waals surface area (Å²) in [5.74, 6) is -2.54. The second-order valence-electron chi connectivity index (χ2n) is 8.50. The fraction of sp³-hybridized carbons (Fsp3) is 0.417. The molecule has 0 saturated heterocycles. The molecule has 0 bridgehead atoms. The SMILES string of the molecule is C[C@@H](C(=O)NC1CCCC1)N(Cc1ccccc1F)C(=O)CN(c1ccccc1F)S(C)(=O)=O. The Morgan fingerprint density at radius 2 is 1.62 bits per heavy atom. The average Bonchev–Trinajstić information content (AvgIpc) is 3.29. The quantitative estimate of drug-likeness (QED) is 0.581. The Morgan fingerprint density at radius 1 is 1.03 bits per heavy atom. The van der Waals surface area contributed by atoms with Gasteiger partial charge in [-0.2, -0.15) is 0 Å². The van der Waals surface area contributed by atoms with Gasteiger partial charge in [-0.25, -0.2) is 17.2 Å². The van der Waals surface area contributed by atoms with Gasteiger partial charge in [0.1, 0.15) is 24.2 Å². The minimum Gasteiger partial charge on any atom is -0.352 e. The third-order valence-electron chi connectivity index (χ3n) is 5.97. The largest absolute Gasteiger partial charge is 0.352 e. The van der Waals surface area contributed by atoms with Crippen molar-refractivity contribution >= 4 is 27.5 Å². The van der Waals surface area contributed by atoms with Gasteiger partial charge < -0.3 is 10.2 Å². The van der Waals surface area contributed by atoms with E-state index < -0.39 is 46.1 Å². The van der Waals surface area contributed by atoms with E-state index in [0.717, 1.165) is 42.9 Å². The highest BCUT2D eigenvalue weighted by Gasteiger charge is 2.32. The normalized spacial score (nSPS) is 15.1. The van der Waals surface area contributed by atoms with Gasteiger partial charge >= 0.3 is 0 Å². The number of carbonyl (C=O) groups excluding carboxylic acids is 2. The molecule has 1 fully saturated rings. The van der Waals surface area contributed by atoms with Crippen molar-refractivity contribution in [2.24, 2.45) is 0 Å². The van der Waals surface area contributed by atoms with Crippen LogP contribution in [0.4, 0.5) is 14.5 Å². The summed E-state index contributed by atoms with van der Waals surface area (Å²) in [6.07, 6.45) is 4.56. The fourth-order valence-electron chi connectivity index (χ4n) is 4.03. The molecule has 1 aliphatic carbocycles. The first-order valence-corrected chi connectivity index (χ1v) is 13.0. The number of sulfonamides is 1. The Kier molecular flexibility index (Phi) is 8.24. The van der Waals surface area contributed by atoms with E-state index in [9.17, 15) is 26.8 Å². The third kappa shape index (κ3) is 6.31. The Labute approximate surface area is 198 Å². The zero-order valence-corrected chi connectivity index (χ0v) is 20.0. The average molecular weight is 494 g/mol. The van der Waals surface area contributed by atoms with Crippen LogP contribution < -0.4 is 9.62 Å². The Morgan fingerprint density at radius 3 is 2.21 bits per heavy atom. The van der Waals surface area contributed by atoms with Gasteiger partial charge in [-0.1, -0.05) is 43.2 Å². The number of carbonyl (C=O) groups is 2. The molecule has 2 aromatic rings. The Balaban J connectivity index is 1.90. The molecule has 0 radical (unpaired) electrons. The standard InChI is InChI=1S/C24H29F2N3O4S/c1-17(24(31)27-19-10-4-5-11-19)28(15-18-9-3-6-12-20(18)25)23(30)16-29(34(2,32)33)22-14-8-7-13-21(22)26/h3,6-9,12-14,17,19H,4-5,10-11,15-16H2,1-2H3,(H,27,31)/t17-/m0/s1. The molecule has 1 atom stereocenters. The number of hydrogen-bond acceptors (Lipinski definition) is 4. The number of anilines is 1. The lowest BCUT2D eigenvalue weighted by molar-refractivity contribution is -0.139. The maximum Gasteiger partial charge on any atom is 0.244 e. The van der Waals surface area contributed by atoms with Crippen molar-refractivity contribution in [3.8, 4) is 0 Å². The molecule has 3 rings (SSSR count). The van der Waals surface area contributed by atoms with Crippen molar-refractivity contribution in [3.05, 3.63) is 65.7 Å². The first-order valence-electron chi connectivity index (χ1n) is 11.1. The van der Waals surface area contributed by atoms with E-state index in [1.54, 1.807) is 6.07 Å². The molecule has 1 aliphatic rings. The van der Waals surface area contributed by atoms with E-state index in [0.29, 0.717) is 4.31 Å². The molecule has 0 aromatic heterocycles. The molecular weight excluding hydrogens is 464 g/mol. The monoisotopic (exact) mass is 493 g/mol. The molecular formula is C24H29F2N3O4S. The summed E-state index contributed by atoms with van der Waals surface area (Å²) >= 11 is 0. The molecule has 2 aromatic carbocycles. The third-order valence-corrected chi connectivity index (χ3v) is 7.09. The Hall–Kier alpha value is -3.01. The van der Waals surface area contributed by atoms with E-state index in [1.807, 2.05) is 0 Å². The van der Waals surface area contributed by atoms with Gasteiger partial charge in [0.2, 0.25) is 21.8 Å². The first kappa shape index (κ1) is 25.6. The molecule has 0 heterocycles. The summed E-state index contributed by atoms with van der Waals surface area (Å²) in [5, 5.41) is 2.92. The maximum absolute atomic E-state index is 14.4. The van der Waals surface area contributed by atoms with Gasteiger partial charge in [0.15, 0.2) is 0 Å². The van der Waals surface area contributed by atoms with E-state index >= 15 is 0 Å². The van der Waals surface area contributed by atoms with Crippen LogP contribution in [0.3, 0.4) is 0 Å². The summed E-state index contributed by atoms with van der Waals surface area (Å²) in [4.78, 5) is 27.4. The maximum atomic E-state index is 14.4. The van der Waals surface area contributed by atoms with E-state index in [-0.39, 0.29) is 23.8 Å². The topological polar surface area (TPSA) is 86.8 Å². The number of halogens is 2. The molecule has 0 aliphatic heterocycles. The van der Waals surface area contributed by atoms with Gasteiger partial charge in [-0.3, -0.25) is 13.9 Å². The molecule has 0 unspecified atom stereocenters. The van der Waals surface area contributed by atoms with Gasteiger partial charge in [-0.15, -0.1) is 0 Å². The zero-order valence-electron chi connectivity index (χ0n) is 19.2. The molecule has 10 heteroatoms. The predicted octanol–water partition coefficient (Wildman–Crippen LogP) is 3.21. The number of rotatable bonds is 9. The molecule has 7 nitrogen and oxygen atoms in total. The van der Waals surface area contributed by atoms with Gasteiger partial charge in [-0.05, 0) is 38.0 Å². The first-order chi connectivity index (χ1) is 16.1. The van der Waals surface area contributed by atoms with Crippen LogP contribution in [-0.2, 0) is 26.2 Å². The summed E-state index contributed by atoms with van der Waals surface area (Å²) in [5.41, 5.74) is -0.111. The van der Waals surface area contributed by atoms with Crippen molar-refractivity contribution < 1.29 is 26.8 Å². The number of amides is 2. The summed E-state index contributed by atoms with van der Waals surface area (Å²) in [7, 11) is -4.04. The minimum atomic E-state index is -4.04. The number of para-hydroxylation sites is 1. The van der Waals surface area contributed by atoms with Crippen LogP contribution in [0.5, 0.6) is 0 Å². The van der Waals surface area contributed by atoms with Crippen LogP contribution in [0, 0.1) is 11.6 Å². The summed E-state index contributed by atoms with van der Waals surface area (Å²) in [6.45, 7) is 0.520. The number of hydrogen-bond donors (Lipinski definition) is 1. The molecule has 184 valence electrons. The van der Waals surface area contributed by atoms with E-state index in [1.165, 1.54) is 43.3 Å². The van der Waals surface area contributed by atoms with Gasteiger partial charge in [0.05, 0.1) is 11.9 Å². The molecule has 1 saturated carbocycles. The van der Waals surface area contributed by atoms with Crippen molar-refractivity contribution in [3.63, 3.8) is 0 Å². The Bertz CT molecular complexity index is 1140. The lowest BCUT2D eigenvalue weighted by atomic mass is 10.1. The highest BCUT2D eigenvalue weighted by atomic mass is 32.2. The van der Waals surface area contributed by atoms with E-state index in [4.69, 9.17) is 0 Å². The van der Waals surface area contributed by atoms with Gasteiger partial charge in [0, 0.05) is 18.2 Å². The van der Waals surface area contributed by atoms with E-state index in [2.05, 4.69) is 5.32 Å². The molecule has 34 heavy (non-hydrogen) atoms. The van der Waals surface area contributed by atoms with Crippen LogP contribution in [-0.4, -0.2) is 50.0 Å². The number of nitrogens with one attached hydrogen (secondary N) is 1. The fourth-order valence-corrected chi connectivity index (χ4v) is 4.88. The lowest BCUT2D eigenvalue weighted by Gasteiger charge is -2.32. The predicted molar refractivity (Wildman–Crippen MR) is 125 cm³/mol. The molecule has 1 N–H and O–H groups in total. The van der Waals surface area contributed by atoms with Crippen molar-refractivity contribution in [2.45, 2.75) is 51.2 Å². The highest BCUT2D eigenvalue weighted by Crippen LogP contribution is 2.23. The zero-order chi connectivity index (χ0) is 24.9. The smallest absolute Gasteiger partial charge is 0.244 e. The summed E-state index contributed by atoms with van der Waals surface area (Å²) in [6, 6.07) is 10.0. The molecule has 0 spiro atoms. The van der Waals surface area contributed by atoms with Crippen LogP contribution in [0.1, 0.15) is 38.2 Å². The van der Waals surface area contributed by atoms with Crippen LogP contribution >= 0.6 is 0 Å².